The van der Waals surface area contributed by atoms with Crippen molar-refractivity contribution >= 4 is 15.9 Å². The highest BCUT2D eigenvalue weighted by Crippen LogP contribution is 2.18. The Kier molecular flexibility index (Phi) is 5.41. The van der Waals surface area contributed by atoms with Gasteiger partial charge in [0.1, 0.15) is 5.84 Å². The van der Waals surface area contributed by atoms with Crippen molar-refractivity contribution in [1.29, 1.82) is 0 Å². The zero-order chi connectivity index (χ0) is 13.9. The number of oxime groups is 1. The van der Waals surface area contributed by atoms with Gasteiger partial charge in [-0.15, -0.1) is 0 Å². The van der Waals surface area contributed by atoms with Crippen LogP contribution in [0.15, 0.2) is 5.16 Å². The Hall–Kier alpha value is -0.820. The molecule has 0 spiro atoms. The lowest BCUT2D eigenvalue weighted by Gasteiger charge is -2.25. The summed E-state index contributed by atoms with van der Waals surface area (Å²) in [4.78, 5) is 0. The van der Waals surface area contributed by atoms with E-state index in [-0.39, 0.29) is 29.5 Å². The van der Waals surface area contributed by atoms with Crippen LogP contribution in [-0.2, 0) is 10.0 Å². The van der Waals surface area contributed by atoms with Crippen LogP contribution < -0.4 is 5.73 Å². The molecule has 102 valence electrons. The molecule has 0 saturated heterocycles. The molecule has 1 unspecified atom stereocenters. The van der Waals surface area contributed by atoms with Crippen LogP contribution in [0, 0.1) is 11.3 Å². The normalized spacial score (nSPS) is 16.2. The molecule has 0 heterocycles. The summed E-state index contributed by atoms with van der Waals surface area (Å²) in [6.45, 7) is 7.51. The first-order chi connectivity index (χ1) is 7.49. The maximum atomic E-state index is 12.0. The summed E-state index contributed by atoms with van der Waals surface area (Å²) in [5.41, 5.74) is 5.12. The second-order valence-electron chi connectivity index (χ2n) is 5.52. The monoisotopic (exact) mass is 265 g/mol. The van der Waals surface area contributed by atoms with Crippen LogP contribution in [-0.4, -0.2) is 43.1 Å². The average Bonchev–Trinajstić information content (AvgIpc) is 2.12. The molecule has 6 nitrogen and oxygen atoms in total. The summed E-state index contributed by atoms with van der Waals surface area (Å²) in [6.07, 6.45) is 0. The predicted octanol–water partition coefficient (Wildman–Crippen LogP) is 0.677. The second-order valence-corrected chi connectivity index (χ2v) is 7.60. The van der Waals surface area contributed by atoms with Gasteiger partial charge in [0, 0.05) is 19.5 Å². The molecule has 0 amide bonds. The van der Waals surface area contributed by atoms with E-state index in [2.05, 4.69) is 5.16 Å². The van der Waals surface area contributed by atoms with E-state index in [1.807, 2.05) is 20.8 Å². The first-order valence-electron chi connectivity index (χ1n) is 5.41. The summed E-state index contributed by atoms with van der Waals surface area (Å²) in [5, 5.41) is 11.4. The van der Waals surface area contributed by atoms with Gasteiger partial charge >= 0.3 is 0 Å². The lowest BCUT2D eigenvalue weighted by atomic mass is 10.0. The Morgan fingerprint density at radius 2 is 1.94 bits per heavy atom. The van der Waals surface area contributed by atoms with E-state index in [9.17, 15) is 8.42 Å². The number of amidine groups is 1. The van der Waals surface area contributed by atoms with E-state index in [1.165, 1.54) is 11.4 Å². The summed E-state index contributed by atoms with van der Waals surface area (Å²) < 4.78 is 25.2. The van der Waals surface area contributed by atoms with E-state index in [0.717, 1.165) is 0 Å². The van der Waals surface area contributed by atoms with Gasteiger partial charge in [0.25, 0.3) is 0 Å². The zero-order valence-corrected chi connectivity index (χ0v) is 12.0. The largest absolute Gasteiger partial charge is 0.409 e. The molecule has 0 saturated carbocycles. The number of rotatable bonds is 5. The Morgan fingerprint density at radius 1 is 1.47 bits per heavy atom. The van der Waals surface area contributed by atoms with Crippen molar-refractivity contribution < 1.29 is 13.6 Å². The summed E-state index contributed by atoms with van der Waals surface area (Å²) in [7, 11) is -1.81. The SMILES string of the molecule is CC(CN(C)S(=O)(=O)CC(C)(C)C)C(N)=NO. The van der Waals surface area contributed by atoms with Gasteiger partial charge in [-0.3, -0.25) is 0 Å². The Bertz CT molecular complexity index is 371. The highest BCUT2D eigenvalue weighted by molar-refractivity contribution is 7.89. The molecule has 0 aromatic carbocycles. The average molecular weight is 265 g/mol. The van der Waals surface area contributed by atoms with Crippen LogP contribution >= 0.6 is 0 Å². The van der Waals surface area contributed by atoms with Crippen molar-refractivity contribution in [2.75, 3.05) is 19.3 Å². The molecule has 0 aromatic rings. The summed E-state index contributed by atoms with van der Waals surface area (Å²) in [6, 6.07) is 0. The van der Waals surface area contributed by atoms with Crippen molar-refractivity contribution in [2.45, 2.75) is 27.7 Å². The van der Waals surface area contributed by atoms with Crippen LogP contribution in [0.1, 0.15) is 27.7 Å². The fraction of sp³-hybridized carbons (Fsp3) is 0.900. The van der Waals surface area contributed by atoms with Crippen LogP contribution in [0.25, 0.3) is 0 Å². The molecule has 0 aliphatic carbocycles. The Morgan fingerprint density at radius 3 is 2.29 bits per heavy atom. The Balaban J connectivity index is 4.67. The number of nitrogens with zero attached hydrogens (tertiary/aromatic N) is 2. The smallest absolute Gasteiger partial charge is 0.214 e. The van der Waals surface area contributed by atoms with Crippen molar-refractivity contribution in [3.05, 3.63) is 0 Å². The molecule has 1 atom stereocenters. The molecule has 17 heavy (non-hydrogen) atoms. The van der Waals surface area contributed by atoms with Gasteiger partial charge in [0.2, 0.25) is 10.0 Å². The highest BCUT2D eigenvalue weighted by Gasteiger charge is 2.27. The van der Waals surface area contributed by atoms with E-state index in [0.29, 0.717) is 0 Å². The highest BCUT2D eigenvalue weighted by atomic mass is 32.2. The van der Waals surface area contributed by atoms with E-state index in [1.54, 1.807) is 6.92 Å². The minimum absolute atomic E-state index is 0.0304. The number of hydrogen-bond donors (Lipinski definition) is 2. The predicted molar refractivity (Wildman–Crippen MR) is 68.4 cm³/mol. The standard InChI is InChI=1S/C10H23N3O3S/c1-8(9(11)12-14)6-13(5)17(15,16)7-10(2,3)4/h8,14H,6-7H2,1-5H3,(H2,11,12). The maximum absolute atomic E-state index is 12.0. The Labute approximate surface area is 104 Å². The molecule has 0 rings (SSSR count). The first kappa shape index (κ1) is 16.2. The molecule has 3 N–H and O–H groups in total. The van der Waals surface area contributed by atoms with Crippen LogP contribution in [0.2, 0.25) is 0 Å². The van der Waals surface area contributed by atoms with Gasteiger partial charge in [0.05, 0.1) is 5.75 Å². The van der Waals surface area contributed by atoms with Crippen LogP contribution in [0.4, 0.5) is 0 Å². The fourth-order valence-corrected chi connectivity index (χ4v) is 3.11. The zero-order valence-electron chi connectivity index (χ0n) is 11.1. The van der Waals surface area contributed by atoms with Gasteiger partial charge in [0.15, 0.2) is 0 Å². The minimum Gasteiger partial charge on any atom is -0.409 e. The van der Waals surface area contributed by atoms with Gasteiger partial charge in [-0.1, -0.05) is 32.9 Å². The van der Waals surface area contributed by atoms with E-state index in [4.69, 9.17) is 10.9 Å². The van der Waals surface area contributed by atoms with E-state index < -0.39 is 10.0 Å². The molecule has 0 aliphatic heterocycles. The van der Waals surface area contributed by atoms with Crippen LogP contribution in [0.5, 0.6) is 0 Å². The van der Waals surface area contributed by atoms with E-state index >= 15 is 0 Å². The van der Waals surface area contributed by atoms with Crippen molar-refractivity contribution in [2.24, 2.45) is 22.2 Å². The molecule has 0 radical (unpaired) electrons. The first-order valence-corrected chi connectivity index (χ1v) is 7.02. The third kappa shape index (κ3) is 5.88. The molecule has 0 fully saturated rings. The van der Waals surface area contributed by atoms with Crippen molar-refractivity contribution in [1.82, 2.24) is 4.31 Å². The minimum atomic E-state index is -3.31. The van der Waals surface area contributed by atoms with Crippen LogP contribution in [0.3, 0.4) is 0 Å². The number of sulfonamides is 1. The van der Waals surface area contributed by atoms with Gasteiger partial charge < -0.3 is 10.9 Å². The molecule has 0 aliphatic rings. The molecule has 7 heteroatoms. The lowest BCUT2D eigenvalue weighted by Crippen LogP contribution is -2.39. The third-order valence-corrected chi connectivity index (χ3v) is 4.57. The van der Waals surface area contributed by atoms with Crippen molar-refractivity contribution in [3.63, 3.8) is 0 Å². The lowest BCUT2D eigenvalue weighted by molar-refractivity contribution is 0.312. The van der Waals surface area contributed by atoms with Gasteiger partial charge in [-0.05, 0) is 5.41 Å². The molecular formula is C10H23N3O3S. The summed E-state index contributed by atoms with van der Waals surface area (Å²) >= 11 is 0. The molecule has 0 bridgehead atoms. The van der Waals surface area contributed by atoms with Gasteiger partial charge in [-0.25, -0.2) is 12.7 Å². The molecular weight excluding hydrogens is 242 g/mol. The topological polar surface area (TPSA) is 96.0 Å². The quantitative estimate of drug-likeness (QED) is 0.330. The number of nitrogens with two attached hydrogens (primary N) is 1. The summed E-state index contributed by atoms with van der Waals surface area (Å²) in [5.74, 6) is -0.220. The maximum Gasteiger partial charge on any atom is 0.214 e. The third-order valence-electron chi connectivity index (χ3n) is 2.24. The van der Waals surface area contributed by atoms with Gasteiger partial charge in [-0.2, -0.15) is 0 Å². The molecule has 0 aromatic heterocycles. The number of hydrogen-bond acceptors (Lipinski definition) is 4. The van der Waals surface area contributed by atoms with Crippen molar-refractivity contribution in [3.8, 4) is 0 Å². The fourth-order valence-electron chi connectivity index (χ4n) is 1.35. The second kappa shape index (κ2) is 5.68.